The molecule has 112 valence electrons. The first kappa shape index (κ1) is 15.2. The van der Waals surface area contributed by atoms with E-state index in [0.717, 1.165) is 18.5 Å². The highest BCUT2D eigenvalue weighted by Gasteiger charge is 2.28. The number of para-hydroxylation sites is 1. The lowest BCUT2D eigenvalue weighted by Crippen LogP contribution is -2.32. The van der Waals surface area contributed by atoms with Gasteiger partial charge in [0.15, 0.2) is 9.84 Å². The number of benzene rings is 1. The van der Waals surface area contributed by atoms with Crippen molar-refractivity contribution >= 4 is 21.2 Å². The molecule has 0 saturated heterocycles. The zero-order valence-electron chi connectivity index (χ0n) is 12.4. The van der Waals surface area contributed by atoms with Crippen molar-refractivity contribution in [2.45, 2.75) is 50.5 Å². The van der Waals surface area contributed by atoms with Gasteiger partial charge in [-0.25, -0.2) is 8.42 Å². The quantitative estimate of drug-likeness (QED) is 0.841. The van der Waals surface area contributed by atoms with Crippen LogP contribution in [0.2, 0.25) is 0 Å². The van der Waals surface area contributed by atoms with Gasteiger partial charge in [0.2, 0.25) is 0 Å². The molecule has 3 N–H and O–H groups in total. The Morgan fingerprint density at radius 2 is 2.05 bits per heavy atom. The van der Waals surface area contributed by atoms with Crippen molar-refractivity contribution in [2.24, 2.45) is 5.41 Å². The fraction of sp³-hybridized carbons (Fsp3) is 0.600. The Labute approximate surface area is 121 Å². The van der Waals surface area contributed by atoms with Gasteiger partial charge in [-0.05, 0) is 36.8 Å². The van der Waals surface area contributed by atoms with Crippen LogP contribution in [0.15, 0.2) is 23.1 Å². The summed E-state index contributed by atoms with van der Waals surface area (Å²) < 4.78 is 23.4. The summed E-state index contributed by atoms with van der Waals surface area (Å²) in [4.78, 5) is 0.206. The third kappa shape index (κ3) is 3.45. The minimum atomic E-state index is -3.28. The number of nitrogens with one attached hydrogen (secondary N) is 1. The van der Waals surface area contributed by atoms with Gasteiger partial charge in [-0.1, -0.05) is 26.3 Å². The largest absolute Gasteiger partial charge is 0.396 e. The predicted molar refractivity (Wildman–Crippen MR) is 83.6 cm³/mol. The number of sulfone groups is 1. The molecule has 0 aromatic heterocycles. The SMILES string of the molecule is CC1(C)CCCC(Nc2cccc(S(C)(=O)=O)c2N)C1. The Kier molecular flexibility index (Phi) is 4.00. The van der Waals surface area contributed by atoms with E-state index >= 15 is 0 Å². The van der Waals surface area contributed by atoms with Crippen molar-refractivity contribution in [1.29, 1.82) is 0 Å². The Bertz CT molecular complexity index is 594. The van der Waals surface area contributed by atoms with Crippen LogP contribution in [0.3, 0.4) is 0 Å². The lowest BCUT2D eigenvalue weighted by molar-refractivity contribution is 0.229. The van der Waals surface area contributed by atoms with Crippen LogP contribution in [-0.2, 0) is 9.84 Å². The van der Waals surface area contributed by atoms with E-state index in [2.05, 4.69) is 19.2 Å². The molecule has 1 aliphatic carbocycles. The molecule has 1 atom stereocenters. The van der Waals surface area contributed by atoms with Gasteiger partial charge < -0.3 is 11.1 Å². The van der Waals surface area contributed by atoms with Crippen LogP contribution >= 0.6 is 0 Å². The number of hydrogen-bond acceptors (Lipinski definition) is 4. The summed E-state index contributed by atoms with van der Waals surface area (Å²) in [5.74, 6) is 0. The molecule has 1 aromatic rings. The van der Waals surface area contributed by atoms with Crippen molar-refractivity contribution in [3.05, 3.63) is 18.2 Å². The molecule has 1 aromatic carbocycles. The van der Waals surface area contributed by atoms with Crippen LogP contribution < -0.4 is 11.1 Å². The van der Waals surface area contributed by atoms with Crippen LogP contribution in [0.25, 0.3) is 0 Å². The van der Waals surface area contributed by atoms with Crippen LogP contribution in [0.5, 0.6) is 0 Å². The first-order valence-electron chi connectivity index (χ1n) is 7.04. The Balaban J connectivity index is 2.22. The molecular formula is C15H24N2O2S. The fourth-order valence-electron chi connectivity index (χ4n) is 3.03. The molecule has 0 bridgehead atoms. The van der Waals surface area contributed by atoms with Gasteiger partial charge in [0.25, 0.3) is 0 Å². The minimum Gasteiger partial charge on any atom is -0.396 e. The normalized spacial score (nSPS) is 22.4. The summed E-state index contributed by atoms with van der Waals surface area (Å²) in [6.07, 6.45) is 5.80. The molecule has 0 aliphatic heterocycles. The van der Waals surface area contributed by atoms with Gasteiger partial charge >= 0.3 is 0 Å². The molecule has 4 nitrogen and oxygen atoms in total. The van der Waals surface area contributed by atoms with Gasteiger partial charge in [0.1, 0.15) is 0 Å². The van der Waals surface area contributed by atoms with E-state index in [-0.39, 0.29) is 4.90 Å². The van der Waals surface area contributed by atoms with E-state index in [9.17, 15) is 8.42 Å². The van der Waals surface area contributed by atoms with Crippen LogP contribution in [0.1, 0.15) is 39.5 Å². The van der Waals surface area contributed by atoms with Gasteiger partial charge in [-0.3, -0.25) is 0 Å². The summed E-state index contributed by atoms with van der Waals surface area (Å²) in [6, 6.07) is 5.51. The fourth-order valence-corrected chi connectivity index (χ4v) is 3.87. The van der Waals surface area contributed by atoms with Gasteiger partial charge in [-0.2, -0.15) is 0 Å². The number of anilines is 2. The van der Waals surface area contributed by atoms with Gasteiger partial charge in [-0.15, -0.1) is 0 Å². The number of nitrogens with two attached hydrogens (primary N) is 1. The molecule has 1 aliphatic rings. The predicted octanol–water partition coefficient (Wildman–Crippen LogP) is 3.05. The third-order valence-electron chi connectivity index (χ3n) is 4.03. The Morgan fingerprint density at radius 3 is 2.65 bits per heavy atom. The highest BCUT2D eigenvalue weighted by Crippen LogP contribution is 2.37. The summed E-state index contributed by atoms with van der Waals surface area (Å²) in [7, 11) is -3.28. The Morgan fingerprint density at radius 1 is 1.35 bits per heavy atom. The molecule has 5 heteroatoms. The second kappa shape index (κ2) is 5.28. The van der Waals surface area contributed by atoms with Crippen molar-refractivity contribution in [3.8, 4) is 0 Å². The maximum atomic E-state index is 11.7. The molecule has 0 spiro atoms. The highest BCUT2D eigenvalue weighted by molar-refractivity contribution is 7.90. The smallest absolute Gasteiger partial charge is 0.177 e. The van der Waals surface area contributed by atoms with E-state index < -0.39 is 9.84 Å². The summed E-state index contributed by atoms with van der Waals surface area (Å²) in [5.41, 5.74) is 7.41. The van der Waals surface area contributed by atoms with E-state index in [1.807, 2.05) is 6.07 Å². The first-order chi connectivity index (χ1) is 9.19. The van der Waals surface area contributed by atoms with Crippen LogP contribution in [0, 0.1) is 5.41 Å². The van der Waals surface area contributed by atoms with Gasteiger partial charge in [0.05, 0.1) is 16.3 Å². The van der Waals surface area contributed by atoms with E-state index in [4.69, 9.17) is 5.73 Å². The van der Waals surface area contributed by atoms with Gasteiger partial charge in [0, 0.05) is 12.3 Å². The molecule has 1 unspecified atom stereocenters. The molecule has 0 radical (unpaired) electrons. The first-order valence-corrected chi connectivity index (χ1v) is 8.93. The van der Waals surface area contributed by atoms with Crippen LogP contribution in [-0.4, -0.2) is 20.7 Å². The topological polar surface area (TPSA) is 72.2 Å². The molecule has 20 heavy (non-hydrogen) atoms. The van der Waals surface area contributed by atoms with Crippen molar-refractivity contribution in [1.82, 2.24) is 0 Å². The molecule has 1 saturated carbocycles. The highest BCUT2D eigenvalue weighted by atomic mass is 32.2. The molecule has 2 rings (SSSR count). The number of rotatable bonds is 3. The number of nitrogen functional groups attached to an aromatic ring is 1. The minimum absolute atomic E-state index is 0.206. The molecule has 0 amide bonds. The Hall–Kier alpha value is -1.23. The molecule has 1 fully saturated rings. The van der Waals surface area contributed by atoms with Crippen molar-refractivity contribution in [2.75, 3.05) is 17.3 Å². The molecule has 0 heterocycles. The lowest BCUT2D eigenvalue weighted by Gasteiger charge is -2.36. The second-order valence-electron chi connectivity index (χ2n) is 6.59. The summed E-state index contributed by atoms with van der Waals surface area (Å²) in [5, 5.41) is 3.43. The van der Waals surface area contributed by atoms with E-state index in [1.54, 1.807) is 12.1 Å². The summed E-state index contributed by atoms with van der Waals surface area (Å²) >= 11 is 0. The summed E-state index contributed by atoms with van der Waals surface area (Å²) in [6.45, 7) is 4.55. The average Bonchev–Trinajstić information content (AvgIpc) is 2.29. The molecular weight excluding hydrogens is 272 g/mol. The maximum Gasteiger partial charge on any atom is 0.177 e. The van der Waals surface area contributed by atoms with Crippen molar-refractivity contribution < 1.29 is 8.42 Å². The lowest BCUT2D eigenvalue weighted by atomic mass is 9.75. The second-order valence-corrected chi connectivity index (χ2v) is 8.58. The van der Waals surface area contributed by atoms with Crippen molar-refractivity contribution in [3.63, 3.8) is 0 Å². The van der Waals surface area contributed by atoms with E-state index in [0.29, 0.717) is 17.1 Å². The van der Waals surface area contributed by atoms with Crippen LogP contribution in [0.4, 0.5) is 11.4 Å². The monoisotopic (exact) mass is 296 g/mol. The maximum absolute atomic E-state index is 11.7. The van der Waals surface area contributed by atoms with E-state index in [1.165, 1.54) is 19.1 Å². The standard InChI is InChI=1S/C15H24N2O2S/c1-15(2)9-5-6-11(10-15)17-12-7-4-8-13(14(12)16)20(3,18)19/h4,7-8,11,17H,5-6,9-10,16H2,1-3H3. The third-order valence-corrected chi connectivity index (χ3v) is 5.19. The average molecular weight is 296 g/mol. The zero-order chi connectivity index (χ0) is 15.0. The zero-order valence-corrected chi connectivity index (χ0v) is 13.3. The number of hydrogen-bond donors (Lipinski definition) is 2.